The number of sulfone groups is 1. The molecule has 5 nitrogen and oxygen atoms in total. The molecule has 0 saturated heterocycles. The van der Waals surface area contributed by atoms with Crippen molar-refractivity contribution in [2.75, 3.05) is 18.2 Å². The molecule has 0 bridgehead atoms. The Kier molecular flexibility index (Phi) is 5.98. The summed E-state index contributed by atoms with van der Waals surface area (Å²) in [6.07, 6.45) is 2.01. The molecule has 2 aromatic carbocycles. The molecule has 2 aromatic rings. The standard InChI is InChI=1S/C18H21NO4S/c1-14-8-10-16(11-9-14)23-12-4-7-18(20)19-15-5-3-6-17(13-15)24(2,21)22/h3,5-6,8-11,13H,4,7,12H2,1-2H3,(H,19,20). The molecule has 24 heavy (non-hydrogen) atoms. The highest BCUT2D eigenvalue weighted by molar-refractivity contribution is 7.90. The Morgan fingerprint density at radius 1 is 1.12 bits per heavy atom. The monoisotopic (exact) mass is 347 g/mol. The zero-order chi connectivity index (χ0) is 17.6. The molecular weight excluding hydrogens is 326 g/mol. The van der Waals surface area contributed by atoms with Crippen LogP contribution in [0.4, 0.5) is 5.69 Å². The van der Waals surface area contributed by atoms with Crippen molar-refractivity contribution in [3.05, 3.63) is 54.1 Å². The molecule has 0 unspecified atom stereocenters. The van der Waals surface area contributed by atoms with Gasteiger partial charge >= 0.3 is 0 Å². The summed E-state index contributed by atoms with van der Waals surface area (Å²) in [6.45, 7) is 2.45. The van der Waals surface area contributed by atoms with Crippen molar-refractivity contribution in [3.8, 4) is 5.75 Å². The minimum absolute atomic E-state index is 0.173. The van der Waals surface area contributed by atoms with E-state index in [9.17, 15) is 13.2 Å². The van der Waals surface area contributed by atoms with E-state index in [1.54, 1.807) is 12.1 Å². The molecule has 1 amide bonds. The molecule has 0 spiro atoms. The van der Waals surface area contributed by atoms with E-state index in [4.69, 9.17) is 4.74 Å². The summed E-state index contributed by atoms with van der Waals surface area (Å²) in [6, 6.07) is 13.9. The summed E-state index contributed by atoms with van der Waals surface area (Å²) in [4.78, 5) is 12.1. The Balaban J connectivity index is 1.78. The fraction of sp³-hybridized carbons (Fsp3) is 0.278. The van der Waals surface area contributed by atoms with Gasteiger partial charge in [-0.15, -0.1) is 0 Å². The number of hydrogen-bond acceptors (Lipinski definition) is 4. The summed E-state index contributed by atoms with van der Waals surface area (Å²) in [5.74, 6) is 0.606. The van der Waals surface area contributed by atoms with Gasteiger partial charge < -0.3 is 10.1 Å². The van der Waals surface area contributed by atoms with E-state index >= 15 is 0 Å². The number of carbonyl (C=O) groups excluding carboxylic acids is 1. The molecule has 0 saturated carbocycles. The third kappa shape index (κ3) is 5.70. The molecule has 0 aliphatic heterocycles. The van der Waals surface area contributed by atoms with E-state index in [-0.39, 0.29) is 10.8 Å². The number of hydrogen-bond donors (Lipinski definition) is 1. The Hall–Kier alpha value is -2.34. The topological polar surface area (TPSA) is 72.5 Å². The minimum atomic E-state index is -3.29. The van der Waals surface area contributed by atoms with E-state index in [0.29, 0.717) is 25.1 Å². The number of aryl methyl sites for hydroxylation is 1. The van der Waals surface area contributed by atoms with Crippen LogP contribution in [0, 0.1) is 6.92 Å². The van der Waals surface area contributed by atoms with Crippen LogP contribution in [0.15, 0.2) is 53.4 Å². The maximum absolute atomic E-state index is 11.9. The number of nitrogens with one attached hydrogen (secondary N) is 1. The molecule has 128 valence electrons. The van der Waals surface area contributed by atoms with Crippen LogP contribution in [-0.4, -0.2) is 27.2 Å². The van der Waals surface area contributed by atoms with Crippen LogP contribution < -0.4 is 10.1 Å². The molecule has 1 N–H and O–H groups in total. The molecule has 0 aromatic heterocycles. The summed E-state index contributed by atoms with van der Waals surface area (Å²) in [7, 11) is -3.29. The van der Waals surface area contributed by atoms with Crippen LogP contribution in [0.5, 0.6) is 5.75 Å². The van der Waals surface area contributed by atoms with Crippen LogP contribution in [0.2, 0.25) is 0 Å². The van der Waals surface area contributed by atoms with Crippen molar-refractivity contribution in [3.63, 3.8) is 0 Å². The van der Waals surface area contributed by atoms with Gasteiger partial charge in [-0.3, -0.25) is 4.79 Å². The number of amides is 1. The third-order valence-electron chi connectivity index (χ3n) is 3.38. The first-order valence-electron chi connectivity index (χ1n) is 7.64. The molecule has 2 rings (SSSR count). The van der Waals surface area contributed by atoms with Gasteiger partial charge in [-0.25, -0.2) is 8.42 Å². The van der Waals surface area contributed by atoms with Gasteiger partial charge in [0.15, 0.2) is 9.84 Å². The highest BCUT2D eigenvalue weighted by Gasteiger charge is 2.09. The van der Waals surface area contributed by atoms with Gasteiger partial charge in [0.05, 0.1) is 11.5 Å². The Bertz CT molecular complexity index is 798. The summed E-state index contributed by atoms with van der Waals surface area (Å²) >= 11 is 0. The SMILES string of the molecule is Cc1ccc(OCCCC(=O)Nc2cccc(S(C)(=O)=O)c2)cc1. The highest BCUT2D eigenvalue weighted by atomic mass is 32.2. The van der Waals surface area contributed by atoms with Gasteiger partial charge in [-0.2, -0.15) is 0 Å². The second-order valence-corrected chi connectivity index (χ2v) is 7.63. The molecule has 0 aliphatic carbocycles. The van der Waals surface area contributed by atoms with Crippen LogP contribution >= 0.6 is 0 Å². The molecule has 6 heteroatoms. The van der Waals surface area contributed by atoms with Crippen molar-refractivity contribution in [1.82, 2.24) is 0 Å². The Morgan fingerprint density at radius 3 is 2.50 bits per heavy atom. The molecule has 0 radical (unpaired) electrons. The number of rotatable bonds is 7. The molecule has 0 aliphatic rings. The Morgan fingerprint density at radius 2 is 1.83 bits per heavy atom. The van der Waals surface area contributed by atoms with E-state index in [1.807, 2.05) is 31.2 Å². The maximum Gasteiger partial charge on any atom is 0.224 e. The largest absolute Gasteiger partial charge is 0.494 e. The first-order valence-corrected chi connectivity index (χ1v) is 9.53. The minimum Gasteiger partial charge on any atom is -0.494 e. The lowest BCUT2D eigenvalue weighted by molar-refractivity contribution is -0.116. The van der Waals surface area contributed by atoms with Crippen molar-refractivity contribution in [1.29, 1.82) is 0 Å². The quantitative estimate of drug-likeness (QED) is 0.781. The molecule has 0 atom stereocenters. The second kappa shape index (κ2) is 7.97. The number of anilines is 1. The lowest BCUT2D eigenvalue weighted by atomic mass is 10.2. The normalized spacial score (nSPS) is 11.1. The summed E-state index contributed by atoms with van der Waals surface area (Å²) in [5.41, 5.74) is 1.64. The smallest absolute Gasteiger partial charge is 0.224 e. The van der Waals surface area contributed by atoms with E-state index in [0.717, 1.165) is 17.6 Å². The number of carbonyl (C=O) groups is 1. The van der Waals surface area contributed by atoms with Crippen LogP contribution in [0.3, 0.4) is 0 Å². The first kappa shape index (κ1) is 18.0. The summed E-state index contributed by atoms with van der Waals surface area (Å²) < 4.78 is 28.6. The van der Waals surface area contributed by atoms with Gasteiger partial charge in [0, 0.05) is 18.4 Å². The van der Waals surface area contributed by atoms with Crippen LogP contribution in [0.1, 0.15) is 18.4 Å². The van der Waals surface area contributed by atoms with Crippen molar-refractivity contribution >= 4 is 21.4 Å². The number of benzene rings is 2. The first-order chi connectivity index (χ1) is 11.3. The lowest BCUT2D eigenvalue weighted by Gasteiger charge is -2.08. The van der Waals surface area contributed by atoms with Gasteiger partial charge in [0.1, 0.15) is 5.75 Å². The number of ether oxygens (including phenoxy) is 1. The predicted molar refractivity (Wildman–Crippen MR) is 94.1 cm³/mol. The zero-order valence-electron chi connectivity index (χ0n) is 13.8. The van der Waals surface area contributed by atoms with Crippen LogP contribution in [-0.2, 0) is 14.6 Å². The fourth-order valence-corrected chi connectivity index (χ4v) is 2.75. The predicted octanol–water partition coefficient (Wildman–Crippen LogP) is 3.20. The van der Waals surface area contributed by atoms with E-state index in [1.165, 1.54) is 12.1 Å². The highest BCUT2D eigenvalue weighted by Crippen LogP contribution is 2.16. The summed E-state index contributed by atoms with van der Waals surface area (Å²) in [5, 5.41) is 2.70. The zero-order valence-corrected chi connectivity index (χ0v) is 14.6. The Labute approximate surface area is 142 Å². The van der Waals surface area contributed by atoms with Crippen molar-refractivity contribution < 1.29 is 17.9 Å². The molecule has 0 heterocycles. The van der Waals surface area contributed by atoms with Crippen molar-refractivity contribution in [2.24, 2.45) is 0 Å². The van der Waals surface area contributed by atoms with Crippen molar-refractivity contribution in [2.45, 2.75) is 24.7 Å². The average molecular weight is 347 g/mol. The molecule has 0 fully saturated rings. The van der Waals surface area contributed by atoms with Gasteiger partial charge in [-0.05, 0) is 43.7 Å². The maximum atomic E-state index is 11.9. The van der Waals surface area contributed by atoms with Gasteiger partial charge in [0.25, 0.3) is 0 Å². The third-order valence-corrected chi connectivity index (χ3v) is 4.49. The van der Waals surface area contributed by atoms with E-state index in [2.05, 4.69) is 5.32 Å². The van der Waals surface area contributed by atoms with Gasteiger partial charge in [-0.1, -0.05) is 23.8 Å². The average Bonchev–Trinajstić information content (AvgIpc) is 2.53. The van der Waals surface area contributed by atoms with Gasteiger partial charge in [0.2, 0.25) is 5.91 Å². The molecular formula is C18H21NO4S. The lowest BCUT2D eigenvalue weighted by Crippen LogP contribution is -2.13. The second-order valence-electron chi connectivity index (χ2n) is 5.61. The van der Waals surface area contributed by atoms with Crippen LogP contribution in [0.25, 0.3) is 0 Å². The van der Waals surface area contributed by atoms with E-state index < -0.39 is 9.84 Å². The fourth-order valence-electron chi connectivity index (χ4n) is 2.09.